The molecule has 0 fully saturated rings. The van der Waals surface area contributed by atoms with Crippen LogP contribution in [0.25, 0.3) is 0 Å². The molecule has 0 radical (unpaired) electrons. The Hall–Kier alpha value is -3.44. The van der Waals surface area contributed by atoms with Crippen LogP contribution in [0.3, 0.4) is 0 Å². The number of primary amides is 1. The van der Waals surface area contributed by atoms with E-state index in [2.05, 4.69) is 24.8 Å². The Morgan fingerprint density at radius 3 is 2.54 bits per heavy atom. The molecule has 0 aliphatic rings. The van der Waals surface area contributed by atoms with Crippen LogP contribution in [0.5, 0.6) is 11.6 Å². The largest absolute Gasteiger partial charge is 0.429 e. The Morgan fingerprint density at radius 1 is 1.19 bits per heavy atom. The highest BCUT2D eigenvalue weighted by Gasteiger charge is 2.18. The molecule has 0 saturated heterocycles. The quantitative estimate of drug-likeness (QED) is 0.751. The minimum Gasteiger partial charge on any atom is -0.429 e. The second-order valence-electron chi connectivity index (χ2n) is 4.53. The average Bonchev–Trinajstić information content (AvgIpc) is 2.55. The molecule has 0 aromatic carbocycles. The second kappa shape index (κ2) is 8.09. The van der Waals surface area contributed by atoms with Crippen molar-refractivity contribution in [1.82, 2.24) is 9.97 Å². The molecule has 0 atom stereocenters. The van der Waals surface area contributed by atoms with Crippen LogP contribution < -0.4 is 20.5 Å². The summed E-state index contributed by atoms with van der Waals surface area (Å²) in [6, 6.07) is 4.37. The number of anilines is 1. The zero-order valence-electron chi connectivity index (χ0n) is 12.7. The summed E-state index contributed by atoms with van der Waals surface area (Å²) in [7, 11) is 0. The van der Waals surface area contributed by atoms with E-state index in [4.69, 9.17) is 5.73 Å². The second-order valence-corrected chi connectivity index (χ2v) is 4.53. The maximum absolute atomic E-state index is 12.6. The van der Waals surface area contributed by atoms with Gasteiger partial charge in [0, 0.05) is 12.3 Å². The molecule has 0 saturated carbocycles. The summed E-state index contributed by atoms with van der Waals surface area (Å²) in [4.78, 5) is 29.9. The van der Waals surface area contributed by atoms with E-state index in [1.54, 1.807) is 0 Å². The molecule has 2 rings (SSSR count). The number of carbonyl (C=O) groups is 2. The van der Waals surface area contributed by atoms with Gasteiger partial charge in [0.1, 0.15) is 11.5 Å². The van der Waals surface area contributed by atoms with E-state index < -0.39 is 42.4 Å². The van der Waals surface area contributed by atoms with Gasteiger partial charge in [-0.25, -0.2) is 23.5 Å². The van der Waals surface area contributed by atoms with Gasteiger partial charge in [0.05, 0.1) is 5.56 Å². The van der Waals surface area contributed by atoms with Crippen LogP contribution in [0.1, 0.15) is 22.5 Å². The number of rotatable bonds is 6. The predicted molar refractivity (Wildman–Crippen MR) is 78.2 cm³/mol. The van der Waals surface area contributed by atoms with Gasteiger partial charge in [-0.2, -0.15) is 8.78 Å². The van der Waals surface area contributed by atoms with E-state index in [9.17, 15) is 27.2 Å². The number of aromatic nitrogens is 2. The molecule has 2 aromatic heterocycles. The number of hydrogen-bond donors (Lipinski definition) is 2. The highest BCUT2D eigenvalue weighted by Crippen LogP contribution is 2.27. The first-order valence-electron chi connectivity index (χ1n) is 6.75. The summed E-state index contributed by atoms with van der Waals surface area (Å²) < 4.78 is 58.6. The minimum absolute atomic E-state index is 0.193. The van der Waals surface area contributed by atoms with Crippen molar-refractivity contribution < 1.29 is 36.6 Å². The van der Waals surface area contributed by atoms with Gasteiger partial charge in [-0.15, -0.1) is 0 Å². The smallest absolute Gasteiger partial charge is 0.411 e. The summed E-state index contributed by atoms with van der Waals surface area (Å²) in [5.41, 5.74) is 3.92. The number of nitrogens with two attached hydrogens (primary N) is 1. The summed E-state index contributed by atoms with van der Waals surface area (Å²) in [6.45, 7) is -3.30. The van der Waals surface area contributed by atoms with Crippen LogP contribution in [0.15, 0.2) is 30.5 Å². The van der Waals surface area contributed by atoms with Crippen molar-refractivity contribution in [1.29, 1.82) is 0 Å². The number of alkyl halides is 4. The molecule has 26 heavy (non-hydrogen) atoms. The van der Waals surface area contributed by atoms with E-state index in [1.165, 1.54) is 12.1 Å². The molecule has 0 aliphatic heterocycles. The Kier molecular flexibility index (Phi) is 5.88. The van der Waals surface area contributed by atoms with E-state index in [1.807, 2.05) is 0 Å². The number of halogens is 4. The van der Waals surface area contributed by atoms with Crippen LogP contribution in [0.2, 0.25) is 0 Å². The van der Waals surface area contributed by atoms with E-state index in [0.717, 1.165) is 18.3 Å². The predicted octanol–water partition coefficient (Wildman–Crippen LogP) is 2.73. The number of pyridine rings is 2. The third kappa shape index (κ3) is 5.03. The van der Waals surface area contributed by atoms with Gasteiger partial charge in [-0.1, -0.05) is 6.07 Å². The van der Waals surface area contributed by atoms with Crippen molar-refractivity contribution in [3.8, 4) is 11.6 Å². The fourth-order valence-electron chi connectivity index (χ4n) is 1.74. The summed E-state index contributed by atoms with van der Waals surface area (Å²) >= 11 is 0. The highest BCUT2D eigenvalue weighted by molar-refractivity contribution is 6.03. The molecule has 12 heteroatoms. The third-order valence-corrected chi connectivity index (χ3v) is 2.73. The normalized spacial score (nSPS) is 10.7. The lowest BCUT2D eigenvalue weighted by atomic mass is 10.2. The van der Waals surface area contributed by atoms with Crippen molar-refractivity contribution in [2.75, 3.05) is 5.32 Å². The van der Waals surface area contributed by atoms with Crippen LogP contribution in [0.4, 0.5) is 28.2 Å². The molecular formula is C14H10F4N4O4. The van der Waals surface area contributed by atoms with Crippen molar-refractivity contribution in [2.45, 2.75) is 13.0 Å². The van der Waals surface area contributed by atoms with Crippen LogP contribution in [-0.4, -0.2) is 28.6 Å². The molecule has 0 unspecified atom stereocenters. The van der Waals surface area contributed by atoms with Gasteiger partial charge < -0.3 is 20.5 Å². The molecule has 8 nitrogen and oxygen atoms in total. The molecule has 0 bridgehead atoms. The van der Waals surface area contributed by atoms with Gasteiger partial charge in [0.2, 0.25) is 0 Å². The average molecular weight is 374 g/mol. The molecule has 138 valence electrons. The van der Waals surface area contributed by atoms with Crippen molar-refractivity contribution in [3.63, 3.8) is 0 Å². The number of nitrogens with one attached hydrogen (secondary N) is 1. The Balaban J connectivity index is 2.25. The summed E-state index contributed by atoms with van der Waals surface area (Å²) in [5, 5.41) is 2.20. The number of carbonyl (C=O) groups excluding carboxylic acids is 2. The molecular weight excluding hydrogens is 364 g/mol. The lowest BCUT2D eigenvalue weighted by Crippen LogP contribution is -2.19. The van der Waals surface area contributed by atoms with Crippen molar-refractivity contribution in [3.05, 3.63) is 41.7 Å². The van der Waals surface area contributed by atoms with Crippen molar-refractivity contribution >= 4 is 17.8 Å². The standard InChI is InChI=1S/C14H10F4N4O4/c15-10(16)7-2-1-3-9(21-7)22-11(23)6-4-8(25-13(17)18)12(20-5-6)26-14(19)24/h1-5,10,13H,(H2,19,24)(H,21,22,23). The number of amides is 2. The number of hydrogen-bond acceptors (Lipinski definition) is 6. The number of ether oxygens (including phenoxy) is 2. The first-order valence-corrected chi connectivity index (χ1v) is 6.75. The number of nitrogens with zero attached hydrogens (tertiary/aromatic N) is 2. The van der Waals surface area contributed by atoms with E-state index in [0.29, 0.717) is 0 Å². The first-order chi connectivity index (χ1) is 12.3. The van der Waals surface area contributed by atoms with Gasteiger partial charge in [0.25, 0.3) is 18.2 Å². The topological polar surface area (TPSA) is 116 Å². The fourth-order valence-corrected chi connectivity index (χ4v) is 1.74. The summed E-state index contributed by atoms with van der Waals surface area (Å²) in [5.74, 6) is -2.49. The maximum atomic E-state index is 12.6. The Morgan fingerprint density at radius 2 is 1.92 bits per heavy atom. The molecule has 3 N–H and O–H groups in total. The van der Waals surface area contributed by atoms with Crippen LogP contribution in [-0.2, 0) is 0 Å². The molecule has 2 heterocycles. The van der Waals surface area contributed by atoms with Gasteiger partial charge in [0.15, 0.2) is 5.75 Å². The lowest BCUT2D eigenvalue weighted by Gasteiger charge is -2.11. The summed E-state index contributed by atoms with van der Waals surface area (Å²) in [6.07, 6.45) is -3.30. The van der Waals surface area contributed by atoms with Crippen LogP contribution in [0, 0.1) is 0 Å². The lowest BCUT2D eigenvalue weighted by molar-refractivity contribution is -0.0514. The molecule has 0 spiro atoms. The Labute approximate surface area is 142 Å². The van der Waals surface area contributed by atoms with E-state index in [-0.39, 0.29) is 11.4 Å². The molecule has 2 amide bonds. The minimum atomic E-state index is -3.30. The van der Waals surface area contributed by atoms with Crippen molar-refractivity contribution in [2.24, 2.45) is 5.73 Å². The first kappa shape index (κ1) is 18.9. The highest BCUT2D eigenvalue weighted by atomic mass is 19.3. The van der Waals surface area contributed by atoms with Gasteiger partial charge in [-0.3, -0.25) is 4.79 Å². The monoisotopic (exact) mass is 374 g/mol. The third-order valence-electron chi connectivity index (χ3n) is 2.73. The SMILES string of the molecule is NC(=O)Oc1ncc(C(=O)Nc2cccc(C(F)F)n2)cc1OC(F)F. The van der Waals surface area contributed by atoms with Crippen LogP contribution >= 0.6 is 0 Å². The molecule has 0 aliphatic carbocycles. The van der Waals surface area contributed by atoms with E-state index >= 15 is 0 Å². The zero-order valence-corrected chi connectivity index (χ0v) is 12.7. The zero-order chi connectivity index (χ0) is 19.3. The maximum Gasteiger partial charge on any atom is 0.411 e. The molecule has 2 aromatic rings. The Bertz CT molecular complexity index is 819. The van der Waals surface area contributed by atoms with Gasteiger partial charge >= 0.3 is 12.7 Å². The van der Waals surface area contributed by atoms with Gasteiger partial charge in [-0.05, 0) is 12.1 Å². The fraction of sp³-hybridized carbons (Fsp3) is 0.143.